The Bertz CT molecular complexity index is 572. The minimum absolute atomic E-state index is 0.199. The van der Waals surface area contributed by atoms with Crippen molar-refractivity contribution in [2.45, 2.75) is 51.5 Å². The van der Waals surface area contributed by atoms with E-state index in [2.05, 4.69) is 36.2 Å². The second-order valence-electron chi connectivity index (χ2n) is 6.65. The maximum atomic E-state index is 11.7. The number of likely N-dealkylation sites (tertiary alicyclic amines) is 1. The third kappa shape index (κ3) is 2.50. The summed E-state index contributed by atoms with van der Waals surface area (Å²) in [5, 5.41) is 2.75. The van der Waals surface area contributed by atoms with Crippen molar-refractivity contribution < 1.29 is 9.53 Å². The average molecular weight is 302 g/mol. The number of fused-ring (bicyclic) bond motifs is 3. The lowest BCUT2D eigenvalue weighted by atomic mass is 9.80. The van der Waals surface area contributed by atoms with Gasteiger partial charge in [-0.1, -0.05) is 26.8 Å². The van der Waals surface area contributed by atoms with Gasteiger partial charge < -0.3 is 10.1 Å². The molecule has 0 saturated carbocycles. The average Bonchev–Trinajstić information content (AvgIpc) is 2.97. The van der Waals surface area contributed by atoms with Gasteiger partial charge in [0.2, 0.25) is 0 Å². The first-order chi connectivity index (χ1) is 10.6. The van der Waals surface area contributed by atoms with E-state index in [1.807, 2.05) is 13.0 Å². The fourth-order valence-corrected chi connectivity index (χ4v) is 4.06. The van der Waals surface area contributed by atoms with Crippen molar-refractivity contribution in [1.82, 2.24) is 10.2 Å². The van der Waals surface area contributed by atoms with Crippen LogP contribution in [-0.2, 0) is 11.8 Å². The van der Waals surface area contributed by atoms with Gasteiger partial charge in [0, 0.05) is 18.0 Å². The van der Waals surface area contributed by atoms with E-state index in [0.29, 0.717) is 18.3 Å². The molecule has 1 heterocycles. The summed E-state index contributed by atoms with van der Waals surface area (Å²) in [4.78, 5) is 14.3. The zero-order valence-corrected chi connectivity index (χ0v) is 13.8. The molecule has 1 aromatic carbocycles. The number of ether oxygens (including phenoxy) is 1. The highest BCUT2D eigenvalue weighted by Gasteiger charge is 2.49. The Labute approximate surface area is 132 Å². The Kier molecular flexibility index (Phi) is 4.13. The van der Waals surface area contributed by atoms with Gasteiger partial charge in [0.15, 0.2) is 0 Å². The van der Waals surface area contributed by atoms with Crippen LogP contribution in [-0.4, -0.2) is 36.7 Å². The summed E-state index contributed by atoms with van der Waals surface area (Å²) in [7, 11) is 0. The molecule has 120 valence electrons. The Morgan fingerprint density at radius 3 is 3.00 bits per heavy atom. The first-order valence-electron chi connectivity index (χ1n) is 8.41. The number of hydrogen-bond donors (Lipinski definition) is 1. The lowest BCUT2D eigenvalue weighted by Crippen LogP contribution is -2.37. The second-order valence-corrected chi connectivity index (χ2v) is 6.65. The van der Waals surface area contributed by atoms with Gasteiger partial charge >= 0.3 is 6.09 Å². The monoisotopic (exact) mass is 302 g/mol. The van der Waals surface area contributed by atoms with E-state index in [-0.39, 0.29) is 11.5 Å². The summed E-state index contributed by atoms with van der Waals surface area (Å²) in [5.41, 5.74) is 2.98. The molecule has 0 aromatic heterocycles. The molecule has 1 N–H and O–H groups in total. The molecule has 22 heavy (non-hydrogen) atoms. The lowest BCUT2D eigenvalue weighted by Gasteiger charge is -2.29. The molecule has 3 rings (SSSR count). The third-order valence-corrected chi connectivity index (χ3v) is 5.34. The Balaban J connectivity index is 1.79. The van der Waals surface area contributed by atoms with Gasteiger partial charge in [0.25, 0.3) is 0 Å². The molecule has 4 nitrogen and oxygen atoms in total. The second kappa shape index (κ2) is 5.92. The highest BCUT2D eigenvalue weighted by Crippen LogP contribution is 2.48. The first-order valence-corrected chi connectivity index (χ1v) is 8.41. The van der Waals surface area contributed by atoms with Gasteiger partial charge in [-0.05, 0) is 55.6 Å². The van der Waals surface area contributed by atoms with Crippen LogP contribution in [0.4, 0.5) is 4.79 Å². The van der Waals surface area contributed by atoms with Crippen LogP contribution < -0.4 is 10.1 Å². The van der Waals surface area contributed by atoms with Crippen LogP contribution >= 0.6 is 0 Å². The molecule has 0 unspecified atom stereocenters. The van der Waals surface area contributed by atoms with Crippen LogP contribution in [0.5, 0.6) is 5.75 Å². The molecule has 2 atom stereocenters. The maximum Gasteiger partial charge on any atom is 0.412 e. The van der Waals surface area contributed by atoms with Crippen LogP contribution in [0.3, 0.4) is 0 Å². The van der Waals surface area contributed by atoms with E-state index < -0.39 is 0 Å². The summed E-state index contributed by atoms with van der Waals surface area (Å²) in [5.74, 6) is 0.657. The fourth-order valence-electron chi connectivity index (χ4n) is 4.06. The number of carbonyl (C=O) groups is 1. The standard InChI is InChI=1S/C18H26N2O2/c1-4-9-19-17(21)22-14-7-6-13-11-16-18(3,15(13)12-14)8-10-20(16)5-2/h6-7,12,16H,4-5,8-11H2,1-3H3,(H,19,21)/t16-,18+/m1/s1. The normalized spacial score (nSPS) is 26.6. The van der Waals surface area contributed by atoms with Crippen molar-refractivity contribution in [2.24, 2.45) is 0 Å². The van der Waals surface area contributed by atoms with Crippen molar-refractivity contribution in [3.8, 4) is 5.75 Å². The molecule has 1 aliphatic heterocycles. The highest BCUT2D eigenvalue weighted by molar-refractivity contribution is 5.70. The summed E-state index contributed by atoms with van der Waals surface area (Å²) >= 11 is 0. The Morgan fingerprint density at radius 1 is 1.45 bits per heavy atom. The van der Waals surface area contributed by atoms with E-state index in [1.54, 1.807) is 0 Å². The zero-order chi connectivity index (χ0) is 15.7. The first kappa shape index (κ1) is 15.3. The molecule has 0 spiro atoms. The summed E-state index contributed by atoms with van der Waals surface area (Å²) < 4.78 is 5.42. The zero-order valence-electron chi connectivity index (χ0n) is 13.8. The van der Waals surface area contributed by atoms with Gasteiger partial charge in [-0.2, -0.15) is 0 Å². The smallest absolute Gasteiger partial charge is 0.410 e. The molecule has 2 aliphatic rings. The van der Waals surface area contributed by atoms with E-state index >= 15 is 0 Å². The Hall–Kier alpha value is -1.55. The molecule has 0 radical (unpaired) electrons. The molecular weight excluding hydrogens is 276 g/mol. The molecule has 1 aromatic rings. The van der Waals surface area contributed by atoms with Gasteiger partial charge in [-0.3, -0.25) is 4.90 Å². The number of carbonyl (C=O) groups excluding carboxylic acids is 1. The minimum Gasteiger partial charge on any atom is -0.410 e. The predicted molar refractivity (Wildman–Crippen MR) is 87.5 cm³/mol. The predicted octanol–water partition coefficient (Wildman–Crippen LogP) is 3.09. The molecule has 1 fully saturated rings. The van der Waals surface area contributed by atoms with Crippen LogP contribution in [0.2, 0.25) is 0 Å². The van der Waals surface area contributed by atoms with Crippen LogP contribution in [0.1, 0.15) is 44.7 Å². The van der Waals surface area contributed by atoms with Crippen molar-refractivity contribution in [3.63, 3.8) is 0 Å². The molecule has 0 bridgehead atoms. The lowest BCUT2D eigenvalue weighted by molar-refractivity contribution is 0.200. The summed E-state index contributed by atoms with van der Waals surface area (Å²) in [6.45, 7) is 9.54. The number of hydrogen-bond acceptors (Lipinski definition) is 3. The Morgan fingerprint density at radius 2 is 2.27 bits per heavy atom. The number of nitrogens with one attached hydrogen (secondary N) is 1. The number of benzene rings is 1. The topological polar surface area (TPSA) is 41.6 Å². The van der Waals surface area contributed by atoms with Crippen molar-refractivity contribution in [1.29, 1.82) is 0 Å². The van der Waals surface area contributed by atoms with Crippen LogP contribution in [0.15, 0.2) is 18.2 Å². The quantitative estimate of drug-likeness (QED) is 0.929. The number of likely N-dealkylation sites (N-methyl/N-ethyl adjacent to an activating group) is 1. The number of amides is 1. The van der Waals surface area contributed by atoms with Gasteiger partial charge in [-0.15, -0.1) is 0 Å². The van der Waals surface area contributed by atoms with Crippen LogP contribution in [0, 0.1) is 0 Å². The third-order valence-electron chi connectivity index (χ3n) is 5.34. The fraction of sp³-hybridized carbons (Fsp3) is 0.611. The van der Waals surface area contributed by atoms with Gasteiger partial charge in [-0.25, -0.2) is 4.79 Å². The van der Waals surface area contributed by atoms with Gasteiger partial charge in [0.1, 0.15) is 5.75 Å². The minimum atomic E-state index is -0.358. The van der Waals surface area contributed by atoms with Crippen LogP contribution in [0.25, 0.3) is 0 Å². The molecule has 1 amide bonds. The van der Waals surface area contributed by atoms with E-state index in [0.717, 1.165) is 19.4 Å². The molecular formula is C18H26N2O2. The van der Waals surface area contributed by atoms with E-state index in [4.69, 9.17) is 4.74 Å². The number of nitrogens with zero attached hydrogens (tertiary/aromatic N) is 1. The van der Waals surface area contributed by atoms with Crippen molar-refractivity contribution in [2.75, 3.05) is 19.6 Å². The van der Waals surface area contributed by atoms with Crippen molar-refractivity contribution in [3.05, 3.63) is 29.3 Å². The molecule has 1 aliphatic carbocycles. The summed E-state index contributed by atoms with van der Waals surface area (Å²) in [6.07, 6.45) is 2.85. The maximum absolute atomic E-state index is 11.7. The van der Waals surface area contributed by atoms with E-state index in [9.17, 15) is 4.79 Å². The van der Waals surface area contributed by atoms with E-state index in [1.165, 1.54) is 24.1 Å². The SMILES string of the molecule is CCCNC(=O)Oc1ccc2c(c1)[C@]1(C)CCN(CC)[C@@H]1C2. The van der Waals surface area contributed by atoms with Gasteiger partial charge in [0.05, 0.1) is 0 Å². The molecule has 4 heteroatoms. The molecule has 1 saturated heterocycles. The number of rotatable bonds is 4. The summed E-state index contributed by atoms with van der Waals surface area (Å²) in [6, 6.07) is 6.73. The van der Waals surface area contributed by atoms with Crippen molar-refractivity contribution >= 4 is 6.09 Å². The highest BCUT2D eigenvalue weighted by atomic mass is 16.6. The largest absolute Gasteiger partial charge is 0.412 e.